The van der Waals surface area contributed by atoms with Gasteiger partial charge >= 0.3 is 6.03 Å². The number of para-hydroxylation sites is 1. The van der Waals surface area contributed by atoms with Gasteiger partial charge in [0.05, 0.1) is 6.61 Å². The number of carbonyl (C=O) groups excluding carboxylic acids is 1. The van der Waals surface area contributed by atoms with Gasteiger partial charge in [0, 0.05) is 52.1 Å². The number of hydrogen-bond donors (Lipinski definition) is 2. The molecule has 0 saturated carbocycles. The molecule has 0 bridgehead atoms. The summed E-state index contributed by atoms with van der Waals surface area (Å²) < 4.78 is 4.88. The van der Waals surface area contributed by atoms with Gasteiger partial charge in [0.1, 0.15) is 0 Å². The lowest BCUT2D eigenvalue weighted by Gasteiger charge is -2.36. The summed E-state index contributed by atoms with van der Waals surface area (Å²) in [5.74, 6) is 0. The minimum atomic E-state index is -0.115. The smallest absolute Gasteiger partial charge is 0.314 e. The van der Waals surface area contributed by atoms with E-state index in [0.717, 1.165) is 39.1 Å². The van der Waals surface area contributed by atoms with Crippen LogP contribution in [0, 0.1) is 0 Å². The molecule has 2 N–H and O–H groups in total. The summed E-state index contributed by atoms with van der Waals surface area (Å²) in [7, 11) is 1.62. The van der Waals surface area contributed by atoms with Gasteiger partial charge in [-0.1, -0.05) is 18.2 Å². The van der Waals surface area contributed by atoms with Gasteiger partial charge in [-0.25, -0.2) is 4.79 Å². The van der Waals surface area contributed by atoms with Gasteiger partial charge in [-0.2, -0.15) is 0 Å². The van der Waals surface area contributed by atoms with E-state index >= 15 is 0 Å². The van der Waals surface area contributed by atoms with E-state index in [2.05, 4.69) is 50.8 Å². The van der Waals surface area contributed by atoms with Crippen molar-refractivity contribution in [2.75, 3.05) is 64.4 Å². The number of methoxy groups -OCH3 is 1. The fourth-order valence-electron chi connectivity index (χ4n) is 2.70. The first kappa shape index (κ1) is 17.6. The van der Waals surface area contributed by atoms with Gasteiger partial charge in [-0.15, -0.1) is 0 Å². The Labute approximate surface area is 138 Å². The summed E-state index contributed by atoms with van der Waals surface area (Å²) in [5.41, 5.74) is 1.31. The number of rotatable bonds is 8. The second-order valence-corrected chi connectivity index (χ2v) is 5.69. The van der Waals surface area contributed by atoms with E-state index in [9.17, 15) is 4.79 Å². The third-order valence-electron chi connectivity index (χ3n) is 4.02. The lowest BCUT2D eigenvalue weighted by molar-refractivity contribution is 0.195. The third kappa shape index (κ3) is 6.46. The zero-order valence-electron chi connectivity index (χ0n) is 14.0. The van der Waals surface area contributed by atoms with E-state index in [1.54, 1.807) is 7.11 Å². The summed E-state index contributed by atoms with van der Waals surface area (Å²) in [6.45, 7) is 7.11. The molecule has 0 aliphatic carbocycles. The lowest BCUT2D eigenvalue weighted by atomic mass is 10.2. The summed E-state index contributed by atoms with van der Waals surface area (Å²) >= 11 is 0. The normalized spacial score (nSPS) is 15.4. The first-order valence-corrected chi connectivity index (χ1v) is 8.32. The molecule has 1 aliphatic heterocycles. The van der Waals surface area contributed by atoms with Crippen molar-refractivity contribution in [2.24, 2.45) is 0 Å². The molecule has 0 aromatic heterocycles. The molecule has 1 heterocycles. The van der Waals surface area contributed by atoms with Gasteiger partial charge in [0.2, 0.25) is 0 Å². The number of nitrogens with zero attached hydrogens (tertiary/aromatic N) is 2. The van der Waals surface area contributed by atoms with Gasteiger partial charge in [-0.05, 0) is 25.1 Å². The SMILES string of the molecule is COCCNC(=O)NCCCN1CCN(c2ccccc2)CC1. The quantitative estimate of drug-likeness (QED) is 0.706. The van der Waals surface area contributed by atoms with Crippen LogP contribution in [0.3, 0.4) is 0 Å². The molecular weight excluding hydrogens is 292 g/mol. The Kier molecular flexibility index (Phi) is 7.69. The molecule has 0 atom stereocenters. The fourth-order valence-corrected chi connectivity index (χ4v) is 2.70. The third-order valence-corrected chi connectivity index (χ3v) is 4.02. The molecule has 2 amide bonds. The summed E-state index contributed by atoms with van der Waals surface area (Å²) in [6, 6.07) is 10.5. The van der Waals surface area contributed by atoms with E-state index in [-0.39, 0.29) is 6.03 Å². The maximum Gasteiger partial charge on any atom is 0.314 e. The fraction of sp³-hybridized carbons (Fsp3) is 0.588. The van der Waals surface area contributed by atoms with E-state index in [1.807, 2.05) is 0 Å². The summed E-state index contributed by atoms with van der Waals surface area (Å²) in [4.78, 5) is 16.4. The molecule has 0 radical (unpaired) electrons. The van der Waals surface area contributed by atoms with Crippen LogP contribution >= 0.6 is 0 Å². The zero-order chi connectivity index (χ0) is 16.3. The minimum absolute atomic E-state index is 0.115. The van der Waals surface area contributed by atoms with Gasteiger partial charge in [0.15, 0.2) is 0 Å². The standard InChI is InChI=1S/C17H28N4O2/c1-23-15-9-19-17(22)18-8-5-10-20-11-13-21(14-12-20)16-6-3-2-4-7-16/h2-4,6-7H,5,8-15H2,1H3,(H2,18,19,22). The van der Waals surface area contributed by atoms with E-state index in [0.29, 0.717) is 19.7 Å². The molecule has 6 heteroatoms. The molecule has 1 saturated heterocycles. The summed E-state index contributed by atoms with van der Waals surface area (Å²) in [5, 5.41) is 5.62. The number of piperazine rings is 1. The number of urea groups is 1. The van der Waals surface area contributed by atoms with Crippen LogP contribution in [0.2, 0.25) is 0 Å². The Morgan fingerprint density at radius 2 is 1.78 bits per heavy atom. The molecule has 128 valence electrons. The van der Waals surface area contributed by atoms with Crippen molar-refractivity contribution in [1.29, 1.82) is 0 Å². The molecule has 1 aromatic carbocycles. The average molecular weight is 320 g/mol. The maximum atomic E-state index is 11.5. The lowest BCUT2D eigenvalue weighted by Crippen LogP contribution is -2.47. The van der Waals surface area contributed by atoms with Crippen LogP contribution in [0.15, 0.2) is 30.3 Å². The zero-order valence-corrected chi connectivity index (χ0v) is 14.0. The van der Waals surface area contributed by atoms with Crippen molar-refractivity contribution in [3.8, 4) is 0 Å². The highest BCUT2D eigenvalue weighted by atomic mass is 16.5. The second-order valence-electron chi connectivity index (χ2n) is 5.69. The topological polar surface area (TPSA) is 56.8 Å². The van der Waals surface area contributed by atoms with E-state index in [1.165, 1.54) is 5.69 Å². The highest BCUT2D eigenvalue weighted by Gasteiger charge is 2.16. The van der Waals surface area contributed by atoms with Crippen molar-refractivity contribution in [2.45, 2.75) is 6.42 Å². The van der Waals surface area contributed by atoms with Crippen LogP contribution in [-0.2, 0) is 4.74 Å². The predicted molar refractivity (Wildman–Crippen MR) is 93.0 cm³/mol. The second kappa shape index (κ2) is 10.1. The van der Waals surface area contributed by atoms with Crippen molar-refractivity contribution in [1.82, 2.24) is 15.5 Å². The Bertz CT molecular complexity index is 447. The maximum absolute atomic E-state index is 11.5. The molecule has 6 nitrogen and oxygen atoms in total. The molecule has 0 spiro atoms. The van der Waals surface area contributed by atoms with Gasteiger partial charge in [0.25, 0.3) is 0 Å². The number of carbonyl (C=O) groups is 1. The van der Waals surface area contributed by atoms with Crippen molar-refractivity contribution in [3.63, 3.8) is 0 Å². The van der Waals surface area contributed by atoms with E-state index in [4.69, 9.17) is 4.74 Å². The molecule has 2 rings (SSSR count). The van der Waals surface area contributed by atoms with Crippen molar-refractivity contribution < 1.29 is 9.53 Å². The number of anilines is 1. The molecule has 1 fully saturated rings. The van der Waals surface area contributed by atoms with Crippen molar-refractivity contribution in [3.05, 3.63) is 30.3 Å². The predicted octanol–water partition coefficient (Wildman–Crippen LogP) is 1.14. The Hall–Kier alpha value is -1.79. The highest BCUT2D eigenvalue weighted by Crippen LogP contribution is 2.15. The summed E-state index contributed by atoms with van der Waals surface area (Å²) in [6.07, 6.45) is 0.975. The van der Waals surface area contributed by atoms with Crippen LogP contribution in [0.1, 0.15) is 6.42 Å². The number of hydrogen-bond acceptors (Lipinski definition) is 4. The van der Waals surface area contributed by atoms with Crippen LogP contribution in [0.25, 0.3) is 0 Å². The van der Waals surface area contributed by atoms with Crippen LogP contribution < -0.4 is 15.5 Å². The molecule has 23 heavy (non-hydrogen) atoms. The number of benzene rings is 1. The van der Waals surface area contributed by atoms with Crippen LogP contribution in [0.4, 0.5) is 10.5 Å². The molecular formula is C17H28N4O2. The van der Waals surface area contributed by atoms with Crippen LogP contribution in [-0.4, -0.2) is 70.5 Å². The molecule has 1 aromatic rings. The largest absolute Gasteiger partial charge is 0.383 e. The number of nitrogens with one attached hydrogen (secondary N) is 2. The van der Waals surface area contributed by atoms with Gasteiger partial charge < -0.3 is 20.3 Å². The Morgan fingerprint density at radius 3 is 2.48 bits per heavy atom. The average Bonchev–Trinajstić information content (AvgIpc) is 2.60. The van der Waals surface area contributed by atoms with Crippen LogP contribution in [0.5, 0.6) is 0 Å². The molecule has 1 aliphatic rings. The molecule has 0 unspecified atom stereocenters. The number of ether oxygens (including phenoxy) is 1. The van der Waals surface area contributed by atoms with E-state index < -0.39 is 0 Å². The monoisotopic (exact) mass is 320 g/mol. The Balaban J connectivity index is 1.54. The Morgan fingerprint density at radius 1 is 1.09 bits per heavy atom. The highest BCUT2D eigenvalue weighted by molar-refractivity contribution is 5.73. The first-order chi connectivity index (χ1) is 11.3. The van der Waals surface area contributed by atoms with Crippen molar-refractivity contribution >= 4 is 11.7 Å². The number of amides is 2. The first-order valence-electron chi connectivity index (χ1n) is 8.32. The van der Waals surface area contributed by atoms with Gasteiger partial charge in [-0.3, -0.25) is 4.90 Å². The minimum Gasteiger partial charge on any atom is -0.383 e.